The van der Waals surface area contributed by atoms with Gasteiger partial charge in [0, 0.05) is 53.8 Å². The second kappa shape index (κ2) is 15.0. The molecule has 4 rings (SSSR count). The summed E-state index contributed by atoms with van der Waals surface area (Å²) in [6.45, 7) is -0.107. The molecule has 45 heavy (non-hydrogen) atoms. The average Bonchev–Trinajstić information content (AvgIpc) is 3.00. The number of aromatic carboxylic acids is 1. The predicted molar refractivity (Wildman–Crippen MR) is 175 cm³/mol. The Hall–Kier alpha value is -5.15. The fourth-order valence-electron chi connectivity index (χ4n) is 4.39. The van der Waals surface area contributed by atoms with Gasteiger partial charge in [-0.25, -0.2) is 4.79 Å². The van der Waals surface area contributed by atoms with Gasteiger partial charge in [-0.3, -0.25) is 19.2 Å². The first-order valence-corrected chi connectivity index (χ1v) is 14.6. The number of amides is 3. The van der Waals surface area contributed by atoms with Crippen LogP contribution in [0.4, 0.5) is 5.69 Å². The number of hydrogen-bond acceptors (Lipinski definition) is 9. The van der Waals surface area contributed by atoms with E-state index < -0.39 is 17.8 Å². The molecule has 2 aromatic carbocycles. The number of anilines is 1. The van der Waals surface area contributed by atoms with Gasteiger partial charge in [0.25, 0.3) is 0 Å². The van der Waals surface area contributed by atoms with E-state index in [0.717, 1.165) is 0 Å². The second-order valence-corrected chi connectivity index (χ2v) is 10.5. The molecular weight excluding hydrogens is 622 g/mol. The number of thiocarbonyl (C=S) groups is 1. The summed E-state index contributed by atoms with van der Waals surface area (Å²) >= 11 is 9.24. The van der Waals surface area contributed by atoms with E-state index in [1.807, 2.05) is 0 Å². The molecule has 0 radical (unpaired) electrons. The number of hydrogen-bond donors (Lipinski definition) is 8. The number of carboxylic acids is 1. The molecule has 0 saturated heterocycles. The van der Waals surface area contributed by atoms with Gasteiger partial charge in [-0.1, -0.05) is 6.07 Å². The molecule has 0 unspecified atom stereocenters. The van der Waals surface area contributed by atoms with Crippen molar-refractivity contribution in [1.82, 2.24) is 21.3 Å². The summed E-state index contributed by atoms with van der Waals surface area (Å²) < 4.78 is 5.85. The Kier molecular flexibility index (Phi) is 10.9. The van der Waals surface area contributed by atoms with Crippen LogP contribution in [0.1, 0.15) is 16.8 Å². The largest absolute Gasteiger partial charge is 0.508 e. The fraction of sp³-hybridized carbons (Fsp3) is 0.200. The molecule has 1 aliphatic carbocycles. The average molecular weight is 652 g/mol. The molecule has 0 aromatic heterocycles. The van der Waals surface area contributed by atoms with Gasteiger partial charge < -0.3 is 41.2 Å². The van der Waals surface area contributed by atoms with Crippen molar-refractivity contribution in [1.29, 1.82) is 0 Å². The van der Waals surface area contributed by atoms with E-state index in [9.17, 15) is 34.2 Å². The van der Waals surface area contributed by atoms with E-state index in [1.54, 1.807) is 24.3 Å². The van der Waals surface area contributed by atoms with Crippen LogP contribution in [0.3, 0.4) is 0 Å². The smallest absolute Gasteiger partial charge is 0.336 e. The standard InChI is InChI=1S/C30H29N5O8S2/c36-17-2-5-20-23(12-17)43-24-13-18(37)3-6-21(24)28(20)19-4-1-16(11-22(19)29(41)42)35-30(45)32-9-8-31-26(39)14-34-27(40)15-33-25(38)7-10-44/h1-6,11-13,36,44H,7-10,14-15H2,(H,31,39)(H,33,38)(H,34,40)(H,41,42)(H2,32,35,45). The van der Waals surface area contributed by atoms with Gasteiger partial charge in [0.2, 0.25) is 17.7 Å². The molecule has 3 amide bonds. The second-order valence-electron chi connectivity index (χ2n) is 9.64. The van der Waals surface area contributed by atoms with Crippen LogP contribution in [0.25, 0.3) is 33.4 Å². The zero-order valence-corrected chi connectivity index (χ0v) is 25.3. The number of carbonyl (C=O) groups is 4. The minimum absolute atomic E-state index is 0.0496. The van der Waals surface area contributed by atoms with Crippen LogP contribution < -0.4 is 32.0 Å². The van der Waals surface area contributed by atoms with Crippen LogP contribution in [-0.2, 0) is 14.4 Å². The van der Waals surface area contributed by atoms with E-state index in [2.05, 4.69) is 39.2 Å². The number of thiol groups is 1. The van der Waals surface area contributed by atoms with Crippen LogP contribution in [0.2, 0.25) is 0 Å². The molecule has 234 valence electrons. The highest BCUT2D eigenvalue weighted by atomic mass is 32.1. The Morgan fingerprint density at radius 1 is 0.822 bits per heavy atom. The number of rotatable bonds is 12. The maximum absolute atomic E-state index is 12.4. The van der Waals surface area contributed by atoms with Gasteiger partial charge in [0.05, 0.1) is 18.7 Å². The Morgan fingerprint density at radius 3 is 2.24 bits per heavy atom. The summed E-state index contributed by atoms with van der Waals surface area (Å²) in [5.74, 6) is -1.92. The Balaban J connectivity index is 1.38. The van der Waals surface area contributed by atoms with E-state index in [1.165, 1.54) is 30.3 Å². The lowest BCUT2D eigenvalue weighted by Gasteiger charge is -2.18. The number of benzene rings is 3. The molecule has 13 nitrogen and oxygen atoms in total. The number of carboxylic acid groups (broad SMARTS) is 1. The zero-order valence-electron chi connectivity index (χ0n) is 23.6. The molecule has 15 heteroatoms. The molecule has 0 atom stereocenters. The summed E-state index contributed by atoms with van der Waals surface area (Å²) in [4.78, 5) is 59.5. The number of carbonyl (C=O) groups excluding carboxylic acids is 3. The zero-order chi connectivity index (χ0) is 32.5. The monoisotopic (exact) mass is 651 g/mol. The van der Waals surface area contributed by atoms with Crippen molar-refractivity contribution in [3.05, 3.63) is 70.4 Å². The van der Waals surface area contributed by atoms with Gasteiger partial charge in [-0.2, -0.15) is 12.6 Å². The Morgan fingerprint density at radius 2 is 1.51 bits per heavy atom. The molecule has 1 aliphatic heterocycles. The molecule has 1 heterocycles. The fourth-order valence-corrected chi connectivity index (χ4v) is 4.82. The third-order valence-corrected chi connectivity index (χ3v) is 6.89. The first kappa shape index (κ1) is 32.8. The van der Waals surface area contributed by atoms with E-state index in [0.29, 0.717) is 33.5 Å². The highest BCUT2D eigenvalue weighted by Gasteiger charge is 2.22. The normalized spacial score (nSPS) is 10.7. The van der Waals surface area contributed by atoms with Crippen LogP contribution in [0.15, 0.2) is 63.8 Å². The summed E-state index contributed by atoms with van der Waals surface area (Å²) in [5, 5.41) is 34.1. The molecule has 0 bridgehead atoms. The predicted octanol–water partition coefficient (Wildman–Crippen LogP) is 1.92. The summed E-state index contributed by atoms with van der Waals surface area (Å²) in [7, 11) is 0. The van der Waals surface area contributed by atoms with Gasteiger partial charge >= 0.3 is 5.97 Å². The Bertz CT molecular complexity index is 1810. The molecule has 2 aromatic rings. The first-order valence-electron chi connectivity index (χ1n) is 13.6. The number of phenols is 1. The molecule has 0 saturated carbocycles. The molecule has 0 fully saturated rings. The topological polar surface area (TPSA) is 199 Å². The number of fused-ring (bicyclic) bond motifs is 2. The Labute approximate surface area is 267 Å². The quantitative estimate of drug-likeness (QED) is 0.0482. The molecular formula is C30H29N5O8S2. The van der Waals surface area contributed by atoms with Crippen LogP contribution >= 0.6 is 24.8 Å². The molecule has 0 spiro atoms. The molecule has 2 aliphatic rings. The lowest BCUT2D eigenvalue weighted by Crippen LogP contribution is -2.43. The summed E-state index contributed by atoms with van der Waals surface area (Å²) in [5.41, 5.74) is 1.71. The van der Waals surface area contributed by atoms with Crippen molar-refractivity contribution in [3.8, 4) is 28.2 Å². The van der Waals surface area contributed by atoms with Gasteiger partial charge in [-0.15, -0.1) is 0 Å². The summed E-state index contributed by atoms with van der Waals surface area (Å²) in [6.07, 6.45) is 0.184. The minimum atomic E-state index is -1.20. The van der Waals surface area contributed by atoms with Crippen molar-refractivity contribution in [3.63, 3.8) is 0 Å². The van der Waals surface area contributed by atoms with Crippen LogP contribution in [0.5, 0.6) is 5.75 Å². The number of phenolic OH excluding ortho intramolecular Hbond substituents is 1. The lowest BCUT2D eigenvalue weighted by atomic mass is 9.90. The lowest BCUT2D eigenvalue weighted by molar-refractivity contribution is -0.127. The van der Waals surface area contributed by atoms with Crippen molar-refractivity contribution >= 4 is 70.3 Å². The van der Waals surface area contributed by atoms with Crippen LogP contribution in [0, 0.1) is 0 Å². The number of aromatic hydroxyl groups is 1. The van der Waals surface area contributed by atoms with Crippen LogP contribution in [-0.4, -0.2) is 70.9 Å². The molecule has 7 N–H and O–H groups in total. The van der Waals surface area contributed by atoms with Crippen molar-refractivity contribution in [2.45, 2.75) is 6.42 Å². The van der Waals surface area contributed by atoms with E-state index in [4.69, 9.17) is 16.6 Å². The van der Waals surface area contributed by atoms with Gasteiger partial charge in [0.1, 0.15) is 17.1 Å². The number of nitrogens with one attached hydrogen (secondary N) is 5. The first-order chi connectivity index (χ1) is 21.5. The minimum Gasteiger partial charge on any atom is -0.508 e. The van der Waals surface area contributed by atoms with Gasteiger partial charge in [0.15, 0.2) is 10.5 Å². The van der Waals surface area contributed by atoms with E-state index >= 15 is 0 Å². The highest BCUT2D eigenvalue weighted by Crippen LogP contribution is 2.42. The third-order valence-electron chi connectivity index (χ3n) is 6.42. The maximum Gasteiger partial charge on any atom is 0.336 e. The maximum atomic E-state index is 12.4. The highest BCUT2D eigenvalue weighted by molar-refractivity contribution is 7.80. The SMILES string of the molecule is O=C(CCS)NCC(=O)NCC(=O)NCCNC(=S)Nc1ccc(-c2c3ccc(=O)cc-3oc3cc(O)ccc23)c(C(=O)O)c1. The van der Waals surface area contributed by atoms with E-state index in [-0.39, 0.29) is 71.7 Å². The van der Waals surface area contributed by atoms with Crippen molar-refractivity contribution < 1.29 is 33.8 Å². The van der Waals surface area contributed by atoms with Gasteiger partial charge in [-0.05, 0) is 59.9 Å². The van der Waals surface area contributed by atoms with Crippen molar-refractivity contribution in [2.24, 2.45) is 0 Å². The summed E-state index contributed by atoms with van der Waals surface area (Å²) in [6, 6.07) is 13.4. The third kappa shape index (κ3) is 8.70. The van der Waals surface area contributed by atoms with Crippen molar-refractivity contribution in [2.75, 3.05) is 37.2 Å².